The van der Waals surface area contributed by atoms with Gasteiger partial charge in [0.05, 0.1) is 76.9 Å². The number of carbonyl (C=O) groups is 1. The molecule has 0 aliphatic rings. The van der Waals surface area contributed by atoms with Gasteiger partial charge in [0.15, 0.2) is 34.5 Å². The van der Waals surface area contributed by atoms with E-state index in [-0.39, 0.29) is 18.8 Å². The summed E-state index contributed by atoms with van der Waals surface area (Å²) in [6, 6.07) is 36.7. The zero-order valence-electron chi connectivity index (χ0n) is 57.5. The monoisotopic (exact) mass is 1370 g/mol. The van der Waals surface area contributed by atoms with Crippen LogP contribution in [0.5, 0.6) is 34.5 Å². The van der Waals surface area contributed by atoms with E-state index in [9.17, 15) is 15.0 Å². The van der Waals surface area contributed by atoms with Gasteiger partial charge in [0.1, 0.15) is 0 Å². The molecule has 4 aromatic carbocycles. The molecule has 0 saturated heterocycles. The Kier molecular flexibility index (Phi) is 26.5. The van der Waals surface area contributed by atoms with E-state index in [0.29, 0.717) is 150 Å². The molecule has 524 valence electrons. The average molecular weight is 1380 g/mol. The van der Waals surface area contributed by atoms with Crippen molar-refractivity contribution in [1.82, 2.24) is 65.8 Å². The molecular formula is C73H78N14O14. The van der Waals surface area contributed by atoms with Crippen LogP contribution in [0.1, 0.15) is 77.1 Å². The van der Waals surface area contributed by atoms with Gasteiger partial charge in [-0.3, -0.25) is 19.9 Å². The van der Waals surface area contributed by atoms with Crippen LogP contribution in [0, 0.1) is 0 Å². The number of anilines is 1. The number of methoxy groups -OCH3 is 1. The number of benzene rings is 4. The molecule has 101 heavy (non-hydrogen) atoms. The van der Waals surface area contributed by atoms with Crippen molar-refractivity contribution < 1.29 is 66.3 Å². The number of nitrogens with zero attached hydrogens (tertiary/aromatic N) is 12. The first-order valence-electron chi connectivity index (χ1n) is 32.4. The number of hydrogen-bond acceptors (Lipinski definition) is 28. The van der Waals surface area contributed by atoms with Crippen molar-refractivity contribution in [2.24, 2.45) is 0 Å². The minimum absolute atomic E-state index is 0.0344. The number of nitrogens with one attached hydrogen (secondary N) is 2. The van der Waals surface area contributed by atoms with Crippen LogP contribution in [0.15, 0.2) is 177 Å². The highest BCUT2D eigenvalue weighted by Gasteiger charge is 2.21. The van der Waals surface area contributed by atoms with Crippen molar-refractivity contribution in [3.05, 3.63) is 175 Å². The van der Waals surface area contributed by atoms with Crippen LogP contribution in [0.2, 0.25) is 0 Å². The van der Waals surface area contributed by atoms with Gasteiger partial charge < -0.3 is 72.1 Å². The molecule has 8 aromatic heterocycles. The lowest BCUT2D eigenvalue weighted by Gasteiger charge is -2.23. The number of aromatic nitrogens is 12. The normalized spacial score (nSPS) is 10.8. The number of carbonyl (C=O) groups excluding carboxylic acids is 1. The van der Waals surface area contributed by atoms with Crippen LogP contribution in [-0.4, -0.2) is 143 Å². The van der Waals surface area contributed by atoms with Crippen LogP contribution >= 0.6 is 0 Å². The fourth-order valence-electron chi connectivity index (χ4n) is 9.29. The standard InChI is InChI=1S/C22H28N4O4.C19H19N3O5.C18H19N3O4.C14H12N4O/c1-5-28-18-8-7-16(12-19(18)29-6-2)21-25-20(26-30-21)15-9-10-23-17(11-15)13-24-22(3,4)14-27;1-4-25-15-7-6-12(9-16(15)26-5-2)18-21-17(22-27-18)13-8-14(11-20-10-13)19(23)24-3;1-3-23-15-6-5-13(10-16(15)24-4-2)18-20-17(21-25-18)12-7-8-19-14(9-12)11-22;1-15-12-4-2-3-11(9-12)14-17-13(18-19-14)10-5-7-16-8-6-10/h7-12,24,27H,5-6,13-14H2,1-4H3;6-11H,4-5H2,1-3H3;5-10,22H,3-4,11H2,1-2H3;2-9,15H,1H3. The van der Waals surface area contributed by atoms with Crippen molar-refractivity contribution >= 4 is 11.7 Å². The Morgan fingerprint density at radius 3 is 1.30 bits per heavy atom. The highest BCUT2D eigenvalue weighted by atomic mass is 16.5. The van der Waals surface area contributed by atoms with Crippen LogP contribution in [-0.2, 0) is 17.9 Å². The summed E-state index contributed by atoms with van der Waals surface area (Å²) >= 11 is 0. The fraction of sp³-hybridized carbons (Fsp3) is 0.274. The zero-order chi connectivity index (χ0) is 71.5. The molecule has 0 unspecified atom stereocenters. The molecule has 28 nitrogen and oxygen atoms in total. The summed E-state index contributed by atoms with van der Waals surface area (Å²) in [5.41, 5.74) is 8.31. The first-order chi connectivity index (χ1) is 49.2. The van der Waals surface area contributed by atoms with Crippen LogP contribution in [0.4, 0.5) is 5.69 Å². The summed E-state index contributed by atoms with van der Waals surface area (Å²) < 4.78 is 59.8. The highest BCUT2D eigenvalue weighted by Crippen LogP contribution is 2.37. The Morgan fingerprint density at radius 1 is 0.446 bits per heavy atom. The largest absolute Gasteiger partial charge is 0.490 e. The predicted octanol–water partition coefficient (Wildman–Crippen LogP) is 12.8. The van der Waals surface area contributed by atoms with Crippen molar-refractivity contribution in [2.75, 3.05) is 65.7 Å². The van der Waals surface area contributed by atoms with E-state index in [1.165, 1.54) is 13.3 Å². The van der Waals surface area contributed by atoms with E-state index < -0.39 is 5.97 Å². The molecule has 0 saturated carbocycles. The third-order valence-corrected chi connectivity index (χ3v) is 14.3. The summed E-state index contributed by atoms with van der Waals surface area (Å²) in [6.07, 6.45) is 9.67. The molecule has 0 atom stereocenters. The second kappa shape index (κ2) is 36.5. The Balaban J connectivity index is 0.000000158. The minimum atomic E-state index is -0.485. The topological polar surface area (TPSA) is 353 Å². The second-order valence-electron chi connectivity index (χ2n) is 21.9. The number of rotatable bonds is 27. The highest BCUT2D eigenvalue weighted by molar-refractivity contribution is 5.90. The average Bonchev–Trinajstić information content (AvgIpc) is 1.70. The van der Waals surface area contributed by atoms with Gasteiger partial charge in [0.25, 0.3) is 23.6 Å². The van der Waals surface area contributed by atoms with Gasteiger partial charge in [0, 0.05) is 107 Å². The lowest BCUT2D eigenvalue weighted by Crippen LogP contribution is -2.42. The smallest absolute Gasteiger partial charge is 0.339 e. The Labute approximate surface area is 582 Å². The van der Waals surface area contributed by atoms with Gasteiger partial charge in [-0.1, -0.05) is 26.7 Å². The molecule has 8 heterocycles. The molecule has 0 fully saturated rings. The van der Waals surface area contributed by atoms with Gasteiger partial charge in [-0.05, 0) is 171 Å². The molecule has 28 heteroatoms. The van der Waals surface area contributed by atoms with Crippen LogP contribution < -0.4 is 39.1 Å². The maximum Gasteiger partial charge on any atom is 0.339 e. The summed E-state index contributed by atoms with van der Waals surface area (Å²) in [5, 5.41) is 41.0. The van der Waals surface area contributed by atoms with Gasteiger partial charge in [0.2, 0.25) is 23.3 Å². The molecule has 0 spiro atoms. The summed E-state index contributed by atoms with van der Waals surface area (Å²) in [7, 11) is 3.18. The van der Waals surface area contributed by atoms with Crippen molar-refractivity contribution in [2.45, 2.75) is 74.1 Å². The number of aliphatic hydroxyl groups is 2. The van der Waals surface area contributed by atoms with Gasteiger partial charge in [-0.25, -0.2) is 4.79 Å². The number of ether oxygens (including phenoxy) is 7. The number of pyridine rings is 4. The molecular weight excluding hydrogens is 1300 g/mol. The lowest BCUT2D eigenvalue weighted by molar-refractivity contribution is 0.0600. The molecule has 0 aliphatic heterocycles. The SMILES string of the molecule is CCOc1ccc(-c2nc(-c3ccnc(CNC(C)(C)CO)c3)no2)cc1OCC.CCOc1ccc(-c2nc(-c3ccnc(CO)c3)no2)cc1OCC.CCOc1ccc(-c2nc(-c3cncc(C(=O)OC)c3)no2)cc1OCC.CNc1cccc(-c2nc(-c3ccncc3)no2)c1. The summed E-state index contributed by atoms with van der Waals surface area (Å²) in [6.45, 7) is 18.9. The van der Waals surface area contributed by atoms with Crippen LogP contribution in [0.3, 0.4) is 0 Å². The van der Waals surface area contributed by atoms with E-state index in [1.807, 2.05) is 153 Å². The molecule has 0 bridgehead atoms. The number of esters is 1. The Bertz CT molecular complexity index is 4580. The Hall–Kier alpha value is -12.0. The first kappa shape index (κ1) is 73.2. The molecule has 0 aliphatic carbocycles. The number of aliphatic hydroxyl groups excluding tert-OH is 2. The Morgan fingerprint density at radius 2 is 0.861 bits per heavy atom. The van der Waals surface area contributed by atoms with Gasteiger partial charge >= 0.3 is 5.97 Å². The van der Waals surface area contributed by atoms with E-state index in [0.717, 1.165) is 44.8 Å². The maximum atomic E-state index is 11.7. The van der Waals surface area contributed by atoms with E-state index in [2.05, 4.69) is 71.1 Å². The maximum absolute atomic E-state index is 11.7. The third-order valence-electron chi connectivity index (χ3n) is 14.3. The molecule has 0 amide bonds. The molecule has 12 aromatic rings. The summed E-state index contributed by atoms with van der Waals surface area (Å²) in [4.78, 5) is 45.8. The zero-order valence-corrected chi connectivity index (χ0v) is 57.5. The second-order valence-corrected chi connectivity index (χ2v) is 21.9. The van der Waals surface area contributed by atoms with Crippen molar-refractivity contribution in [1.29, 1.82) is 0 Å². The lowest BCUT2D eigenvalue weighted by atomic mass is 10.1. The fourth-order valence-corrected chi connectivity index (χ4v) is 9.29. The van der Waals surface area contributed by atoms with Crippen molar-refractivity contribution in [3.63, 3.8) is 0 Å². The molecule has 12 rings (SSSR count). The van der Waals surface area contributed by atoms with E-state index >= 15 is 0 Å². The van der Waals surface area contributed by atoms with Crippen molar-refractivity contribution in [3.8, 4) is 126 Å². The molecule has 0 radical (unpaired) electrons. The van der Waals surface area contributed by atoms with Gasteiger partial charge in [-0.2, -0.15) is 19.9 Å². The third kappa shape index (κ3) is 20.1. The van der Waals surface area contributed by atoms with E-state index in [1.54, 1.807) is 61.3 Å². The molecule has 4 N–H and O–H groups in total. The van der Waals surface area contributed by atoms with Gasteiger partial charge in [-0.15, -0.1) is 0 Å². The summed E-state index contributed by atoms with van der Waals surface area (Å²) in [5.74, 6) is 6.77. The number of hydrogen-bond donors (Lipinski definition) is 4. The quantitative estimate of drug-likeness (QED) is 0.0347. The van der Waals surface area contributed by atoms with E-state index in [4.69, 9.17) is 51.3 Å². The first-order valence-corrected chi connectivity index (χ1v) is 32.4. The predicted molar refractivity (Wildman–Crippen MR) is 374 cm³/mol. The van der Waals surface area contributed by atoms with Crippen LogP contribution in [0.25, 0.3) is 91.4 Å². The minimum Gasteiger partial charge on any atom is -0.490 e.